The lowest BCUT2D eigenvalue weighted by molar-refractivity contribution is 0.470. The van der Waals surface area contributed by atoms with E-state index in [2.05, 4.69) is 18.8 Å². The molecular weight excluding hydrogens is 360 g/mol. The van der Waals surface area contributed by atoms with Crippen LogP contribution >= 0.6 is 0 Å². The van der Waals surface area contributed by atoms with Crippen molar-refractivity contribution in [2.24, 2.45) is 7.05 Å². The number of fused-ring (bicyclic) bond motifs is 1. The van der Waals surface area contributed by atoms with E-state index >= 15 is 0 Å². The predicted molar refractivity (Wildman–Crippen MR) is 105 cm³/mol. The molecule has 1 saturated heterocycles. The van der Waals surface area contributed by atoms with Gasteiger partial charge in [0.15, 0.2) is 5.65 Å². The molecule has 0 amide bonds. The number of aromatic nitrogens is 3. The van der Waals surface area contributed by atoms with Crippen molar-refractivity contribution in [2.45, 2.75) is 37.0 Å². The van der Waals surface area contributed by atoms with Crippen molar-refractivity contribution in [1.82, 2.24) is 18.8 Å². The molecule has 2 aromatic heterocycles. The average molecular weight is 385 g/mol. The van der Waals surface area contributed by atoms with E-state index in [1.807, 2.05) is 35.9 Å². The van der Waals surface area contributed by atoms with Gasteiger partial charge in [-0.25, -0.2) is 18.4 Å². The Labute approximate surface area is 159 Å². The van der Waals surface area contributed by atoms with E-state index in [1.165, 1.54) is 0 Å². The minimum absolute atomic E-state index is 0.0777. The highest BCUT2D eigenvalue weighted by atomic mass is 32.2. The highest BCUT2D eigenvalue weighted by molar-refractivity contribution is 7.89. The molecule has 4 rings (SSSR count). The number of hydrogen-bond acceptors (Lipinski definition) is 4. The fourth-order valence-corrected chi connectivity index (χ4v) is 5.24. The molecule has 1 aliphatic rings. The molecule has 3 aromatic rings. The quantitative estimate of drug-likeness (QED) is 0.692. The number of hydrogen-bond donors (Lipinski definition) is 0. The Bertz CT molecular complexity index is 1070. The second kappa shape index (κ2) is 6.73. The van der Waals surface area contributed by atoms with Crippen LogP contribution in [0.3, 0.4) is 0 Å². The molecule has 6 nitrogen and oxygen atoms in total. The molecule has 1 fully saturated rings. The summed E-state index contributed by atoms with van der Waals surface area (Å²) < 4.78 is 29.6. The second-order valence-corrected chi connectivity index (χ2v) is 9.39. The highest BCUT2D eigenvalue weighted by Crippen LogP contribution is 2.32. The monoisotopic (exact) mass is 384 g/mol. The second-order valence-electron chi connectivity index (χ2n) is 7.45. The van der Waals surface area contributed by atoms with Gasteiger partial charge in [-0.15, -0.1) is 0 Å². The van der Waals surface area contributed by atoms with Gasteiger partial charge in [-0.05, 0) is 42.2 Å². The fourth-order valence-electron chi connectivity index (χ4n) is 3.74. The van der Waals surface area contributed by atoms with Crippen LogP contribution in [0.5, 0.6) is 0 Å². The SMILES string of the molecule is CC(C)c1ccc(S(=O)(=O)N2CC[C@@H](c3nc4cccnc4n3C)C2)cc1. The van der Waals surface area contributed by atoms with Gasteiger partial charge in [-0.1, -0.05) is 26.0 Å². The molecule has 0 N–H and O–H groups in total. The lowest BCUT2D eigenvalue weighted by atomic mass is 10.0. The maximum absolute atomic E-state index is 13.0. The van der Waals surface area contributed by atoms with E-state index in [1.54, 1.807) is 22.6 Å². The Morgan fingerprint density at radius 2 is 1.89 bits per heavy atom. The van der Waals surface area contributed by atoms with Crippen LogP contribution in [0.15, 0.2) is 47.5 Å². The van der Waals surface area contributed by atoms with Gasteiger partial charge in [0.2, 0.25) is 10.0 Å². The van der Waals surface area contributed by atoms with Crippen LogP contribution < -0.4 is 0 Å². The average Bonchev–Trinajstić information content (AvgIpc) is 3.28. The molecule has 0 aliphatic carbocycles. The van der Waals surface area contributed by atoms with Crippen LogP contribution in [0.2, 0.25) is 0 Å². The zero-order valence-corrected chi connectivity index (χ0v) is 16.6. The minimum Gasteiger partial charge on any atom is -0.316 e. The minimum atomic E-state index is -3.48. The van der Waals surface area contributed by atoms with Crippen molar-refractivity contribution in [2.75, 3.05) is 13.1 Å². The summed E-state index contributed by atoms with van der Waals surface area (Å²) in [7, 11) is -1.54. The van der Waals surface area contributed by atoms with Crippen molar-refractivity contribution in [3.8, 4) is 0 Å². The topological polar surface area (TPSA) is 68.1 Å². The Morgan fingerprint density at radius 1 is 1.15 bits per heavy atom. The fraction of sp³-hybridized carbons (Fsp3) is 0.400. The lowest BCUT2D eigenvalue weighted by Crippen LogP contribution is -2.29. The molecule has 1 aromatic carbocycles. The molecule has 27 heavy (non-hydrogen) atoms. The first-order valence-electron chi connectivity index (χ1n) is 9.25. The molecule has 0 saturated carbocycles. The number of imidazole rings is 1. The van der Waals surface area contributed by atoms with Gasteiger partial charge >= 0.3 is 0 Å². The van der Waals surface area contributed by atoms with Crippen LogP contribution in [-0.2, 0) is 17.1 Å². The molecule has 142 valence electrons. The van der Waals surface area contributed by atoms with E-state index in [0.717, 1.165) is 29.0 Å². The number of aryl methyl sites for hydroxylation is 1. The summed E-state index contributed by atoms with van der Waals surface area (Å²) >= 11 is 0. The largest absolute Gasteiger partial charge is 0.316 e. The first-order valence-corrected chi connectivity index (χ1v) is 10.7. The van der Waals surface area contributed by atoms with Gasteiger partial charge in [-0.3, -0.25) is 0 Å². The van der Waals surface area contributed by atoms with Gasteiger partial charge in [0.25, 0.3) is 0 Å². The molecule has 0 radical (unpaired) electrons. The summed E-state index contributed by atoms with van der Waals surface area (Å²) in [6.07, 6.45) is 2.51. The van der Waals surface area contributed by atoms with Gasteiger partial charge in [0, 0.05) is 32.3 Å². The van der Waals surface area contributed by atoms with Gasteiger partial charge in [0.1, 0.15) is 11.3 Å². The number of rotatable bonds is 4. The summed E-state index contributed by atoms with van der Waals surface area (Å²) in [5.74, 6) is 1.36. The first kappa shape index (κ1) is 18.1. The molecule has 3 heterocycles. The van der Waals surface area contributed by atoms with Crippen molar-refractivity contribution in [3.63, 3.8) is 0 Å². The van der Waals surface area contributed by atoms with Crippen molar-refractivity contribution >= 4 is 21.2 Å². The first-order chi connectivity index (χ1) is 12.9. The summed E-state index contributed by atoms with van der Waals surface area (Å²) in [6, 6.07) is 11.1. The zero-order valence-electron chi connectivity index (χ0n) is 15.8. The van der Waals surface area contributed by atoms with Crippen LogP contribution in [0, 0.1) is 0 Å². The van der Waals surface area contributed by atoms with Crippen LogP contribution in [0.25, 0.3) is 11.2 Å². The third-order valence-corrected chi connectivity index (χ3v) is 7.24. The van der Waals surface area contributed by atoms with Crippen molar-refractivity contribution in [1.29, 1.82) is 0 Å². The van der Waals surface area contributed by atoms with Crippen molar-refractivity contribution in [3.05, 3.63) is 54.0 Å². The number of sulfonamides is 1. The highest BCUT2D eigenvalue weighted by Gasteiger charge is 2.35. The molecule has 7 heteroatoms. The maximum atomic E-state index is 13.0. The van der Waals surface area contributed by atoms with Gasteiger partial charge in [-0.2, -0.15) is 4.31 Å². The van der Waals surface area contributed by atoms with E-state index in [-0.39, 0.29) is 5.92 Å². The number of pyridine rings is 1. The molecule has 0 unspecified atom stereocenters. The van der Waals surface area contributed by atoms with E-state index in [0.29, 0.717) is 23.9 Å². The Kier molecular flexibility index (Phi) is 4.52. The molecular formula is C20H24N4O2S. The van der Waals surface area contributed by atoms with E-state index in [9.17, 15) is 8.42 Å². The van der Waals surface area contributed by atoms with Gasteiger partial charge in [0.05, 0.1) is 4.90 Å². The lowest BCUT2D eigenvalue weighted by Gasteiger charge is -2.17. The summed E-state index contributed by atoms with van der Waals surface area (Å²) in [4.78, 5) is 9.43. The molecule has 1 aliphatic heterocycles. The third-order valence-electron chi connectivity index (χ3n) is 5.36. The molecule has 0 bridgehead atoms. The smallest absolute Gasteiger partial charge is 0.243 e. The Morgan fingerprint density at radius 3 is 2.56 bits per heavy atom. The normalized spacial score (nSPS) is 18.6. The third kappa shape index (κ3) is 3.15. The summed E-state index contributed by atoms with van der Waals surface area (Å²) in [5, 5.41) is 0. The van der Waals surface area contributed by atoms with Crippen LogP contribution in [0.4, 0.5) is 0 Å². The number of nitrogens with zero attached hydrogens (tertiary/aromatic N) is 4. The Hall–Kier alpha value is -2.25. The standard InChI is InChI=1S/C20H24N4O2S/c1-14(2)15-6-8-17(9-7-15)27(25,26)24-12-10-16(13-24)19-22-18-5-4-11-21-20(18)23(19)3/h4-9,11,14,16H,10,12-13H2,1-3H3/t16-/m1/s1. The van der Waals surface area contributed by atoms with Crippen molar-refractivity contribution < 1.29 is 8.42 Å². The summed E-state index contributed by atoms with van der Waals surface area (Å²) in [6.45, 7) is 5.15. The van der Waals surface area contributed by atoms with E-state index < -0.39 is 10.0 Å². The maximum Gasteiger partial charge on any atom is 0.243 e. The van der Waals surface area contributed by atoms with Crippen LogP contribution in [0.1, 0.15) is 43.5 Å². The zero-order chi connectivity index (χ0) is 19.2. The van der Waals surface area contributed by atoms with Crippen LogP contribution in [-0.4, -0.2) is 40.3 Å². The number of benzene rings is 1. The molecule has 0 spiro atoms. The predicted octanol–water partition coefficient (Wildman–Crippen LogP) is 3.27. The van der Waals surface area contributed by atoms with Gasteiger partial charge < -0.3 is 4.57 Å². The summed E-state index contributed by atoms with van der Waals surface area (Å²) in [5.41, 5.74) is 2.82. The molecule has 1 atom stereocenters. The Balaban J connectivity index is 1.58. The van der Waals surface area contributed by atoms with E-state index in [4.69, 9.17) is 4.98 Å².